The number of carbonyl (C=O) groups excluding carboxylic acids is 1. The summed E-state index contributed by atoms with van der Waals surface area (Å²) >= 11 is 12.1. The number of amides is 1. The minimum absolute atomic E-state index is 0.0917. The van der Waals surface area contributed by atoms with Crippen LogP contribution in [0, 0.1) is 0 Å². The van der Waals surface area contributed by atoms with Crippen molar-refractivity contribution in [3.8, 4) is 0 Å². The molecule has 0 radical (unpaired) electrons. The lowest BCUT2D eigenvalue weighted by Crippen LogP contribution is -2.21. The Morgan fingerprint density at radius 1 is 1.14 bits per heavy atom. The summed E-state index contributed by atoms with van der Waals surface area (Å²) in [6.07, 6.45) is 1.69. The zero-order valence-corrected chi connectivity index (χ0v) is 16.7. The van der Waals surface area contributed by atoms with Crippen molar-refractivity contribution in [2.24, 2.45) is 0 Å². The second-order valence-electron chi connectivity index (χ2n) is 6.40. The van der Waals surface area contributed by atoms with E-state index in [0.717, 1.165) is 5.56 Å². The van der Waals surface area contributed by atoms with Crippen LogP contribution in [0.4, 0.5) is 5.82 Å². The Morgan fingerprint density at radius 3 is 2.79 bits per heavy atom. The fourth-order valence-electron chi connectivity index (χ4n) is 3.02. The van der Waals surface area contributed by atoms with Crippen molar-refractivity contribution < 1.29 is 9.21 Å². The molecule has 148 valence electrons. The van der Waals surface area contributed by atoms with Crippen LogP contribution in [0.25, 0.3) is 11.1 Å². The smallest absolute Gasteiger partial charge is 0.408 e. The molecule has 0 atom stereocenters. The molecule has 29 heavy (non-hydrogen) atoms. The first-order valence-electron chi connectivity index (χ1n) is 8.85. The Morgan fingerprint density at radius 2 is 1.97 bits per heavy atom. The molecular weight excluding hydrogens is 415 g/mol. The van der Waals surface area contributed by atoms with E-state index in [1.165, 1.54) is 4.57 Å². The second-order valence-corrected chi connectivity index (χ2v) is 7.24. The monoisotopic (exact) mass is 430 g/mol. The van der Waals surface area contributed by atoms with Gasteiger partial charge < -0.3 is 9.73 Å². The van der Waals surface area contributed by atoms with Crippen molar-refractivity contribution in [1.82, 2.24) is 14.3 Å². The number of fused-ring (bicyclic) bond motifs is 1. The number of nitrogens with zero attached hydrogens (tertiary/aromatic N) is 3. The molecule has 0 bridgehead atoms. The zero-order valence-electron chi connectivity index (χ0n) is 15.1. The molecule has 1 amide bonds. The summed E-state index contributed by atoms with van der Waals surface area (Å²) in [7, 11) is 0. The lowest BCUT2D eigenvalue weighted by atomic mass is 10.2. The van der Waals surface area contributed by atoms with Gasteiger partial charge in [-0.25, -0.2) is 9.48 Å². The van der Waals surface area contributed by atoms with Crippen LogP contribution < -0.4 is 11.1 Å². The van der Waals surface area contributed by atoms with Gasteiger partial charge in [0.1, 0.15) is 5.82 Å². The highest BCUT2D eigenvalue weighted by molar-refractivity contribution is 6.31. The van der Waals surface area contributed by atoms with Crippen molar-refractivity contribution in [3.63, 3.8) is 0 Å². The van der Waals surface area contributed by atoms with Gasteiger partial charge >= 0.3 is 5.76 Å². The molecule has 1 N–H and O–H groups in total. The molecule has 0 aliphatic rings. The molecule has 4 aromatic rings. The van der Waals surface area contributed by atoms with Crippen LogP contribution in [0.2, 0.25) is 10.0 Å². The summed E-state index contributed by atoms with van der Waals surface area (Å²) in [5.74, 6) is -0.231. The van der Waals surface area contributed by atoms with Gasteiger partial charge in [0.25, 0.3) is 0 Å². The van der Waals surface area contributed by atoms with Gasteiger partial charge in [0, 0.05) is 35.1 Å². The van der Waals surface area contributed by atoms with Gasteiger partial charge in [0.15, 0.2) is 5.58 Å². The molecular formula is C20H16Cl2N4O3. The highest BCUT2D eigenvalue weighted by Crippen LogP contribution is 2.20. The Kier molecular flexibility index (Phi) is 5.42. The van der Waals surface area contributed by atoms with E-state index in [9.17, 15) is 9.59 Å². The SMILES string of the molecule is O=C(CCn1c(=O)oc2cc(Cl)ccc21)Nc1ccnn1Cc1ccccc1Cl. The van der Waals surface area contributed by atoms with Crippen LogP contribution in [0.3, 0.4) is 0 Å². The van der Waals surface area contributed by atoms with Gasteiger partial charge in [0.2, 0.25) is 5.91 Å². The molecule has 2 heterocycles. The molecule has 0 unspecified atom stereocenters. The fourth-order valence-corrected chi connectivity index (χ4v) is 3.38. The van der Waals surface area contributed by atoms with Crippen molar-refractivity contribution in [1.29, 1.82) is 0 Å². The minimum Gasteiger partial charge on any atom is -0.408 e. The zero-order chi connectivity index (χ0) is 20.4. The number of halogens is 2. The normalized spacial score (nSPS) is 11.1. The largest absolute Gasteiger partial charge is 0.419 e. The number of aryl methyl sites for hydroxylation is 1. The van der Waals surface area contributed by atoms with Crippen molar-refractivity contribution in [3.05, 3.63) is 80.9 Å². The summed E-state index contributed by atoms with van der Waals surface area (Å²) in [4.78, 5) is 24.5. The molecule has 2 aromatic heterocycles. The number of hydrogen-bond acceptors (Lipinski definition) is 4. The molecule has 2 aromatic carbocycles. The van der Waals surface area contributed by atoms with E-state index in [0.29, 0.717) is 33.5 Å². The Bertz CT molecular complexity index is 1240. The van der Waals surface area contributed by atoms with Crippen LogP contribution in [0.15, 0.2) is 63.9 Å². The minimum atomic E-state index is -0.529. The first-order valence-corrected chi connectivity index (χ1v) is 9.61. The van der Waals surface area contributed by atoms with Crippen LogP contribution >= 0.6 is 23.2 Å². The number of rotatable bonds is 6. The van der Waals surface area contributed by atoms with Gasteiger partial charge in [-0.3, -0.25) is 9.36 Å². The van der Waals surface area contributed by atoms with Gasteiger partial charge in [-0.05, 0) is 23.8 Å². The number of anilines is 1. The Balaban J connectivity index is 1.44. The maximum Gasteiger partial charge on any atom is 0.419 e. The maximum atomic E-state index is 12.4. The third-order valence-corrected chi connectivity index (χ3v) is 5.06. The molecule has 0 fully saturated rings. The topological polar surface area (TPSA) is 82.1 Å². The third-order valence-electron chi connectivity index (χ3n) is 4.45. The van der Waals surface area contributed by atoms with Gasteiger partial charge in [-0.15, -0.1) is 0 Å². The highest BCUT2D eigenvalue weighted by atomic mass is 35.5. The first kappa shape index (κ1) is 19.3. The van der Waals surface area contributed by atoms with E-state index in [1.54, 1.807) is 41.2 Å². The maximum absolute atomic E-state index is 12.4. The summed E-state index contributed by atoms with van der Waals surface area (Å²) in [6, 6.07) is 14.1. The molecule has 0 aliphatic heterocycles. The number of hydrogen-bond donors (Lipinski definition) is 1. The molecule has 0 saturated carbocycles. The summed E-state index contributed by atoms with van der Waals surface area (Å²) in [6.45, 7) is 0.604. The predicted octanol–water partition coefficient (Wildman–Crippen LogP) is 4.17. The number of carbonyl (C=O) groups is 1. The van der Waals surface area contributed by atoms with E-state index < -0.39 is 5.76 Å². The van der Waals surface area contributed by atoms with Crippen LogP contribution in [-0.2, 0) is 17.9 Å². The molecule has 7 nitrogen and oxygen atoms in total. The van der Waals surface area contributed by atoms with E-state index in [1.807, 2.05) is 18.2 Å². The van der Waals surface area contributed by atoms with Gasteiger partial charge in [-0.1, -0.05) is 41.4 Å². The number of oxazole rings is 1. The quantitative estimate of drug-likeness (QED) is 0.497. The average molecular weight is 431 g/mol. The van der Waals surface area contributed by atoms with Crippen molar-refractivity contribution in [2.45, 2.75) is 19.5 Å². The van der Waals surface area contributed by atoms with Crippen molar-refractivity contribution >= 4 is 46.0 Å². The predicted molar refractivity (Wildman–Crippen MR) is 112 cm³/mol. The molecule has 4 rings (SSSR count). The first-order chi connectivity index (χ1) is 14.0. The van der Waals surface area contributed by atoms with E-state index >= 15 is 0 Å². The Labute approximate surface area is 175 Å². The molecule has 9 heteroatoms. The summed E-state index contributed by atoms with van der Waals surface area (Å²) < 4.78 is 8.24. The van der Waals surface area contributed by atoms with Gasteiger partial charge in [-0.2, -0.15) is 5.10 Å². The number of aromatic nitrogens is 3. The van der Waals surface area contributed by atoms with E-state index in [2.05, 4.69) is 10.4 Å². The van der Waals surface area contributed by atoms with Crippen LogP contribution in [0.5, 0.6) is 0 Å². The van der Waals surface area contributed by atoms with Crippen LogP contribution in [0.1, 0.15) is 12.0 Å². The van der Waals surface area contributed by atoms with Gasteiger partial charge in [0.05, 0.1) is 18.3 Å². The molecule has 0 spiro atoms. The standard InChI is InChI=1S/C20H16Cl2N4O3/c21-14-5-6-16-17(11-14)29-20(28)25(16)10-8-19(27)24-18-7-9-23-26(18)12-13-3-1-2-4-15(13)22/h1-7,9,11H,8,10,12H2,(H,24,27). The number of benzene rings is 2. The third kappa shape index (κ3) is 4.21. The lowest BCUT2D eigenvalue weighted by molar-refractivity contribution is -0.116. The van der Waals surface area contributed by atoms with E-state index in [4.69, 9.17) is 27.6 Å². The molecule has 0 aliphatic carbocycles. The molecule has 0 saturated heterocycles. The number of nitrogens with one attached hydrogen (secondary N) is 1. The van der Waals surface area contributed by atoms with Crippen LogP contribution in [-0.4, -0.2) is 20.3 Å². The Hall–Kier alpha value is -3.03. The lowest BCUT2D eigenvalue weighted by Gasteiger charge is -2.10. The second kappa shape index (κ2) is 8.14. The fraction of sp³-hybridized carbons (Fsp3) is 0.150. The van der Waals surface area contributed by atoms with Crippen molar-refractivity contribution in [2.75, 3.05) is 5.32 Å². The summed E-state index contributed by atoms with van der Waals surface area (Å²) in [5, 5.41) is 8.17. The van der Waals surface area contributed by atoms with E-state index in [-0.39, 0.29) is 18.9 Å². The highest BCUT2D eigenvalue weighted by Gasteiger charge is 2.13. The average Bonchev–Trinajstić information content (AvgIpc) is 3.24. The summed E-state index contributed by atoms with van der Waals surface area (Å²) in [5.41, 5.74) is 1.88.